The topological polar surface area (TPSA) is 29.1 Å². The molecule has 0 unspecified atom stereocenters. The van der Waals surface area contributed by atoms with Crippen molar-refractivity contribution in [3.8, 4) is 11.8 Å². The zero-order valence-corrected chi connectivity index (χ0v) is 3.99. The summed E-state index contributed by atoms with van der Waals surface area (Å²) in [5, 5.41) is 2.56. The van der Waals surface area contributed by atoms with Crippen LogP contribution in [0.4, 0.5) is 0 Å². The van der Waals surface area contributed by atoms with Gasteiger partial charge < -0.3 is 5.32 Å². The van der Waals surface area contributed by atoms with Crippen LogP contribution in [0, 0.1) is 11.8 Å². The Kier molecular flexibility index (Phi) is 0.759. The molecule has 36 valence electrons. The highest BCUT2D eigenvalue weighted by Gasteiger charge is 2.08. The first-order chi connectivity index (χ1) is 3.29. The van der Waals surface area contributed by atoms with E-state index in [-0.39, 0.29) is 11.9 Å². The summed E-state index contributed by atoms with van der Waals surface area (Å²) in [6.45, 7) is 1.47. The maximum atomic E-state index is 10.1. The first-order valence-corrected chi connectivity index (χ1v) is 2.07. The van der Waals surface area contributed by atoms with Gasteiger partial charge in [-0.3, -0.25) is 4.79 Å². The lowest BCUT2D eigenvalue weighted by molar-refractivity contribution is -0.118. The lowest BCUT2D eigenvalue weighted by Crippen LogP contribution is -2.24. The van der Waals surface area contributed by atoms with E-state index >= 15 is 0 Å². The van der Waals surface area contributed by atoms with Gasteiger partial charge >= 0.3 is 0 Å². The fourth-order valence-corrected chi connectivity index (χ4v) is 0.317. The van der Waals surface area contributed by atoms with Crippen LogP contribution in [0.1, 0.15) is 6.92 Å². The third-order valence-electron chi connectivity index (χ3n) is 0.636. The second-order valence-electron chi connectivity index (χ2n) is 1.42. The third-order valence-corrected chi connectivity index (χ3v) is 0.636. The van der Waals surface area contributed by atoms with Crippen LogP contribution < -0.4 is 5.32 Å². The zero-order chi connectivity index (χ0) is 5.28. The molecule has 0 saturated carbocycles. The van der Waals surface area contributed by atoms with Crippen molar-refractivity contribution in [1.29, 1.82) is 0 Å². The molecule has 0 radical (unpaired) electrons. The highest BCUT2D eigenvalue weighted by Crippen LogP contribution is 1.88. The minimum Gasteiger partial charge on any atom is -0.332 e. The van der Waals surface area contributed by atoms with E-state index in [9.17, 15) is 4.79 Å². The second-order valence-corrected chi connectivity index (χ2v) is 1.42. The summed E-state index contributed by atoms with van der Waals surface area (Å²) in [6.07, 6.45) is 0. The average molecular weight is 95.1 g/mol. The summed E-state index contributed by atoms with van der Waals surface area (Å²) in [5.41, 5.74) is 0. The van der Waals surface area contributed by atoms with Gasteiger partial charge in [0.25, 0.3) is 0 Å². The molecule has 2 heteroatoms. The van der Waals surface area contributed by atoms with E-state index in [0.29, 0.717) is 0 Å². The van der Waals surface area contributed by atoms with Crippen molar-refractivity contribution < 1.29 is 4.79 Å². The monoisotopic (exact) mass is 95.0 g/mol. The van der Waals surface area contributed by atoms with Crippen molar-refractivity contribution in [1.82, 2.24) is 5.32 Å². The number of amides is 1. The maximum Gasteiger partial charge on any atom is 0.218 e. The molecule has 0 bridgehead atoms. The average Bonchev–Trinajstić information content (AvgIpc) is 2.17. The first kappa shape index (κ1) is 4.20. The molecule has 0 aromatic heterocycles. The predicted octanol–water partition coefficient (Wildman–Crippen LogP) is -0.492. The van der Waals surface area contributed by atoms with Gasteiger partial charge in [-0.15, -0.1) is 0 Å². The van der Waals surface area contributed by atoms with Gasteiger partial charge in [0.15, 0.2) is 6.04 Å². The number of hydrogen-bond donors (Lipinski definition) is 1. The van der Waals surface area contributed by atoms with Crippen LogP contribution in [-0.2, 0) is 4.79 Å². The van der Waals surface area contributed by atoms with Gasteiger partial charge in [0.2, 0.25) is 5.91 Å². The summed E-state index contributed by atoms with van der Waals surface area (Å²) in [6, 6.07) is 0.0255. The molecule has 0 atom stereocenters. The van der Waals surface area contributed by atoms with Crippen LogP contribution in [0.2, 0.25) is 0 Å². The number of nitrogens with one attached hydrogen (secondary N) is 1. The van der Waals surface area contributed by atoms with Crippen molar-refractivity contribution in [2.75, 3.05) is 0 Å². The van der Waals surface area contributed by atoms with E-state index in [1.807, 2.05) is 0 Å². The Hall–Kier alpha value is -0.970. The number of carbonyl (C=O) groups is 1. The molecule has 0 aromatic carbocycles. The van der Waals surface area contributed by atoms with Gasteiger partial charge in [0, 0.05) is 6.92 Å². The van der Waals surface area contributed by atoms with Crippen LogP contribution in [0.25, 0.3) is 0 Å². The summed E-state index contributed by atoms with van der Waals surface area (Å²) in [5.74, 6) is 5.34. The summed E-state index contributed by atoms with van der Waals surface area (Å²) in [4.78, 5) is 10.1. The van der Waals surface area contributed by atoms with Crippen molar-refractivity contribution in [2.24, 2.45) is 0 Å². The predicted molar refractivity (Wildman–Crippen MR) is 25.4 cm³/mol. The fraction of sp³-hybridized carbons (Fsp3) is 0.400. The smallest absolute Gasteiger partial charge is 0.218 e. The van der Waals surface area contributed by atoms with E-state index in [4.69, 9.17) is 0 Å². The summed E-state index contributed by atoms with van der Waals surface area (Å²) < 4.78 is 0. The molecular formula is C5H5NO. The van der Waals surface area contributed by atoms with E-state index in [0.717, 1.165) is 0 Å². The molecule has 2 nitrogen and oxygen atoms in total. The van der Waals surface area contributed by atoms with Crippen molar-refractivity contribution in [3.63, 3.8) is 0 Å². The van der Waals surface area contributed by atoms with Crippen LogP contribution in [0.5, 0.6) is 0 Å². The Labute approximate surface area is 41.9 Å². The second kappa shape index (κ2) is 1.27. The molecule has 0 aromatic rings. The Morgan fingerprint density at radius 1 is 1.71 bits per heavy atom. The van der Waals surface area contributed by atoms with Crippen LogP contribution >= 0.6 is 0 Å². The summed E-state index contributed by atoms with van der Waals surface area (Å²) in [7, 11) is 0. The SMILES string of the molecule is CC(=O)NC1C#C1. The molecule has 0 saturated heterocycles. The lowest BCUT2D eigenvalue weighted by Gasteiger charge is -1.91. The molecule has 0 aliphatic heterocycles. The van der Waals surface area contributed by atoms with Crippen molar-refractivity contribution in [2.45, 2.75) is 13.0 Å². The largest absolute Gasteiger partial charge is 0.332 e. The molecule has 1 N–H and O–H groups in total. The maximum absolute atomic E-state index is 10.1. The van der Waals surface area contributed by atoms with E-state index in [2.05, 4.69) is 17.2 Å². The Morgan fingerprint density at radius 2 is 2.29 bits per heavy atom. The fourth-order valence-electron chi connectivity index (χ4n) is 0.317. The van der Waals surface area contributed by atoms with E-state index in [1.54, 1.807) is 0 Å². The van der Waals surface area contributed by atoms with Gasteiger partial charge in [-0.2, -0.15) is 0 Å². The van der Waals surface area contributed by atoms with Gasteiger partial charge in [-0.25, -0.2) is 0 Å². The number of rotatable bonds is 1. The first-order valence-electron chi connectivity index (χ1n) is 2.07. The number of carbonyl (C=O) groups excluding carboxylic acids is 1. The van der Waals surface area contributed by atoms with Gasteiger partial charge in [-0.05, 0) is 0 Å². The molecule has 1 rings (SSSR count). The van der Waals surface area contributed by atoms with Crippen LogP contribution in [0.3, 0.4) is 0 Å². The standard InChI is InChI=1S/C5H5NO/c1-4(7)6-5-2-3-5/h5H,1H3,(H,6,7). The Bertz CT molecular complexity index is 143. The molecule has 0 fully saturated rings. The van der Waals surface area contributed by atoms with E-state index in [1.165, 1.54) is 6.92 Å². The lowest BCUT2D eigenvalue weighted by atomic mass is 10.5. The summed E-state index contributed by atoms with van der Waals surface area (Å²) >= 11 is 0. The quantitative estimate of drug-likeness (QED) is 0.437. The van der Waals surface area contributed by atoms with Crippen molar-refractivity contribution in [3.05, 3.63) is 0 Å². The number of hydrogen-bond acceptors (Lipinski definition) is 1. The third kappa shape index (κ3) is 1.27. The van der Waals surface area contributed by atoms with Crippen LogP contribution in [0.15, 0.2) is 0 Å². The molecule has 1 aliphatic carbocycles. The highest BCUT2D eigenvalue weighted by molar-refractivity contribution is 5.75. The Balaban J connectivity index is 2.11. The van der Waals surface area contributed by atoms with Gasteiger partial charge in [-0.1, -0.05) is 11.8 Å². The molecule has 1 amide bonds. The van der Waals surface area contributed by atoms with Crippen molar-refractivity contribution >= 4 is 5.91 Å². The van der Waals surface area contributed by atoms with Gasteiger partial charge in [0.05, 0.1) is 0 Å². The normalized spacial score (nSPS) is 14.4. The van der Waals surface area contributed by atoms with Gasteiger partial charge in [0.1, 0.15) is 0 Å². The minimum atomic E-state index is -0.0255. The molecule has 0 heterocycles. The molecule has 0 spiro atoms. The zero-order valence-electron chi connectivity index (χ0n) is 3.99. The molecular weight excluding hydrogens is 90.1 g/mol. The molecule has 7 heavy (non-hydrogen) atoms. The minimum absolute atomic E-state index is 0.0255. The van der Waals surface area contributed by atoms with Crippen LogP contribution in [-0.4, -0.2) is 11.9 Å². The van der Waals surface area contributed by atoms with E-state index < -0.39 is 0 Å². The molecule has 1 aliphatic rings. The Morgan fingerprint density at radius 3 is 2.43 bits per heavy atom. The highest BCUT2D eigenvalue weighted by atomic mass is 16.1.